The summed E-state index contributed by atoms with van der Waals surface area (Å²) >= 11 is 0. The summed E-state index contributed by atoms with van der Waals surface area (Å²) < 4.78 is 13.1. The van der Waals surface area contributed by atoms with Crippen LogP contribution >= 0.6 is 0 Å². The lowest BCUT2D eigenvalue weighted by Gasteiger charge is -2.19. The lowest BCUT2D eigenvalue weighted by molar-refractivity contribution is 0.101. The molecule has 3 heteroatoms. The van der Waals surface area contributed by atoms with E-state index in [9.17, 15) is 9.18 Å². The first kappa shape index (κ1) is 13.3. The molecule has 0 heterocycles. The van der Waals surface area contributed by atoms with E-state index in [1.165, 1.54) is 12.1 Å². The standard InChI is InChI=1S/C16H16FNO/c1-12(19)14-6-8-16(9-7-14)18(2)11-13-4-3-5-15(17)10-13/h3-10H,11H2,1-2H3. The van der Waals surface area contributed by atoms with E-state index in [0.29, 0.717) is 12.1 Å². The Morgan fingerprint density at radius 3 is 2.42 bits per heavy atom. The lowest BCUT2D eigenvalue weighted by atomic mass is 10.1. The number of Topliss-reactive ketones (excluding diaryl/α,β-unsaturated/α-hetero) is 1. The monoisotopic (exact) mass is 257 g/mol. The summed E-state index contributed by atoms with van der Waals surface area (Å²) in [7, 11) is 1.94. The van der Waals surface area contributed by atoms with Crippen LogP contribution in [0.25, 0.3) is 0 Å². The molecule has 0 N–H and O–H groups in total. The molecule has 0 bridgehead atoms. The van der Waals surface area contributed by atoms with Gasteiger partial charge in [-0.1, -0.05) is 12.1 Å². The SMILES string of the molecule is CC(=O)c1ccc(N(C)Cc2cccc(F)c2)cc1. The molecule has 0 radical (unpaired) electrons. The Morgan fingerprint density at radius 2 is 1.84 bits per heavy atom. The molecule has 0 unspecified atom stereocenters. The average Bonchev–Trinajstić information content (AvgIpc) is 2.39. The van der Waals surface area contributed by atoms with E-state index in [1.54, 1.807) is 25.1 Å². The molecule has 0 amide bonds. The fraction of sp³-hybridized carbons (Fsp3) is 0.188. The van der Waals surface area contributed by atoms with Crippen LogP contribution in [0, 0.1) is 5.82 Å². The summed E-state index contributed by atoms with van der Waals surface area (Å²) in [5.74, 6) is -0.169. The van der Waals surface area contributed by atoms with Gasteiger partial charge in [0, 0.05) is 24.8 Å². The minimum absolute atomic E-state index is 0.0549. The number of benzene rings is 2. The minimum atomic E-state index is -0.224. The second-order valence-electron chi connectivity index (χ2n) is 4.59. The summed E-state index contributed by atoms with van der Waals surface area (Å²) in [6.07, 6.45) is 0. The molecular weight excluding hydrogens is 241 g/mol. The highest BCUT2D eigenvalue weighted by Crippen LogP contribution is 2.17. The number of carbonyl (C=O) groups is 1. The maximum Gasteiger partial charge on any atom is 0.159 e. The highest BCUT2D eigenvalue weighted by molar-refractivity contribution is 5.94. The van der Waals surface area contributed by atoms with Crippen molar-refractivity contribution in [1.29, 1.82) is 0 Å². The highest BCUT2D eigenvalue weighted by Gasteiger charge is 2.04. The van der Waals surface area contributed by atoms with Gasteiger partial charge in [0.2, 0.25) is 0 Å². The van der Waals surface area contributed by atoms with Crippen LogP contribution in [-0.2, 0) is 6.54 Å². The van der Waals surface area contributed by atoms with Gasteiger partial charge >= 0.3 is 0 Å². The van der Waals surface area contributed by atoms with E-state index < -0.39 is 0 Å². The Balaban J connectivity index is 2.11. The Kier molecular flexibility index (Phi) is 3.95. The molecule has 2 nitrogen and oxygen atoms in total. The Hall–Kier alpha value is -2.16. The molecule has 0 saturated heterocycles. The van der Waals surface area contributed by atoms with E-state index in [0.717, 1.165) is 11.3 Å². The molecular formula is C16H16FNO. The molecule has 0 atom stereocenters. The molecule has 2 aromatic rings. The molecule has 0 spiro atoms. The van der Waals surface area contributed by atoms with Crippen molar-refractivity contribution >= 4 is 11.5 Å². The van der Waals surface area contributed by atoms with Crippen LogP contribution in [0.4, 0.5) is 10.1 Å². The quantitative estimate of drug-likeness (QED) is 0.779. The van der Waals surface area contributed by atoms with Gasteiger partial charge in [0.1, 0.15) is 5.82 Å². The second-order valence-corrected chi connectivity index (χ2v) is 4.59. The Labute approximate surface area is 112 Å². The van der Waals surface area contributed by atoms with Crippen LogP contribution < -0.4 is 4.90 Å². The predicted octanol–water partition coefficient (Wildman–Crippen LogP) is 3.66. The molecule has 19 heavy (non-hydrogen) atoms. The minimum Gasteiger partial charge on any atom is -0.370 e. The first-order chi connectivity index (χ1) is 9.06. The second kappa shape index (κ2) is 5.65. The zero-order valence-electron chi connectivity index (χ0n) is 11.1. The number of anilines is 1. The zero-order valence-corrected chi connectivity index (χ0v) is 11.1. The van der Waals surface area contributed by atoms with E-state index in [2.05, 4.69) is 0 Å². The Bertz CT molecular complexity index is 578. The molecule has 0 aliphatic carbocycles. The van der Waals surface area contributed by atoms with Gasteiger partial charge in [0.15, 0.2) is 5.78 Å². The van der Waals surface area contributed by atoms with Gasteiger partial charge in [0.05, 0.1) is 0 Å². The predicted molar refractivity (Wildman–Crippen MR) is 75.0 cm³/mol. The van der Waals surface area contributed by atoms with Crippen molar-refractivity contribution in [2.24, 2.45) is 0 Å². The summed E-state index contributed by atoms with van der Waals surface area (Å²) in [5.41, 5.74) is 2.61. The van der Waals surface area contributed by atoms with Gasteiger partial charge < -0.3 is 4.90 Å². The summed E-state index contributed by atoms with van der Waals surface area (Å²) in [6, 6.07) is 14.0. The van der Waals surface area contributed by atoms with Crippen molar-refractivity contribution in [2.75, 3.05) is 11.9 Å². The Morgan fingerprint density at radius 1 is 1.16 bits per heavy atom. The smallest absolute Gasteiger partial charge is 0.159 e. The van der Waals surface area contributed by atoms with E-state index in [1.807, 2.05) is 30.1 Å². The maximum atomic E-state index is 13.1. The van der Waals surface area contributed by atoms with Crippen LogP contribution in [0.2, 0.25) is 0 Å². The number of hydrogen-bond donors (Lipinski definition) is 0. The fourth-order valence-electron chi connectivity index (χ4n) is 1.95. The summed E-state index contributed by atoms with van der Waals surface area (Å²) in [6.45, 7) is 2.17. The van der Waals surface area contributed by atoms with Crippen LogP contribution in [0.3, 0.4) is 0 Å². The number of nitrogens with zero attached hydrogens (tertiary/aromatic N) is 1. The van der Waals surface area contributed by atoms with Crippen molar-refractivity contribution in [2.45, 2.75) is 13.5 Å². The fourth-order valence-corrected chi connectivity index (χ4v) is 1.95. The van der Waals surface area contributed by atoms with Crippen LogP contribution in [0.1, 0.15) is 22.8 Å². The number of ketones is 1. The number of hydrogen-bond acceptors (Lipinski definition) is 2. The van der Waals surface area contributed by atoms with Gasteiger partial charge in [-0.2, -0.15) is 0 Å². The van der Waals surface area contributed by atoms with E-state index >= 15 is 0 Å². The molecule has 0 aromatic heterocycles. The largest absolute Gasteiger partial charge is 0.370 e. The van der Waals surface area contributed by atoms with Gasteiger partial charge in [-0.05, 0) is 48.9 Å². The van der Waals surface area contributed by atoms with Crippen molar-refractivity contribution < 1.29 is 9.18 Å². The van der Waals surface area contributed by atoms with E-state index in [-0.39, 0.29) is 11.6 Å². The van der Waals surface area contributed by atoms with Crippen molar-refractivity contribution in [3.05, 3.63) is 65.5 Å². The van der Waals surface area contributed by atoms with Gasteiger partial charge in [-0.15, -0.1) is 0 Å². The maximum absolute atomic E-state index is 13.1. The van der Waals surface area contributed by atoms with Crippen molar-refractivity contribution in [1.82, 2.24) is 0 Å². The number of carbonyl (C=O) groups excluding carboxylic acids is 1. The average molecular weight is 257 g/mol. The third kappa shape index (κ3) is 3.41. The first-order valence-electron chi connectivity index (χ1n) is 6.13. The van der Waals surface area contributed by atoms with Crippen molar-refractivity contribution in [3.8, 4) is 0 Å². The van der Waals surface area contributed by atoms with Crippen LogP contribution in [0.5, 0.6) is 0 Å². The normalized spacial score (nSPS) is 10.3. The van der Waals surface area contributed by atoms with Gasteiger partial charge in [-0.25, -0.2) is 4.39 Å². The molecule has 0 aliphatic rings. The molecule has 2 rings (SSSR count). The van der Waals surface area contributed by atoms with Gasteiger partial charge in [0.25, 0.3) is 0 Å². The molecule has 0 aliphatic heterocycles. The summed E-state index contributed by atoms with van der Waals surface area (Å²) in [4.78, 5) is 13.2. The first-order valence-corrected chi connectivity index (χ1v) is 6.13. The molecule has 0 fully saturated rings. The zero-order chi connectivity index (χ0) is 13.8. The van der Waals surface area contributed by atoms with Gasteiger partial charge in [-0.3, -0.25) is 4.79 Å². The number of rotatable bonds is 4. The summed E-state index contributed by atoms with van der Waals surface area (Å²) in [5, 5.41) is 0. The third-order valence-corrected chi connectivity index (χ3v) is 3.02. The van der Waals surface area contributed by atoms with Crippen LogP contribution in [-0.4, -0.2) is 12.8 Å². The van der Waals surface area contributed by atoms with Crippen molar-refractivity contribution in [3.63, 3.8) is 0 Å². The van der Waals surface area contributed by atoms with E-state index in [4.69, 9.17) is 0 Å². The molecule has 2 aromatic carbocycles. The third-order valence-electron chi connectivity index (χ3n) is 3.02. The topological polar surface area (TPSA) is 20.3 Å². The number of halogens is 1. The molecule has 98 valence electrons. The highest BCUT2D eigenvalue weighted by atomic mass is 19.1. The lowest BCUT2D eigenvalue weighted by Crippen LogP contribution is -2.16. The molecule has 0 saturated carbocycles. The van der Waals surface area contributed by atoms with Crippen LogP contribution in [0.15, 0.2) is 48.5 Å².